The van der Waals surface area contributed by atoms with Gasteiger partial charge in [0.05, 0.1) is 5.52 Å². The van der Waals surface area contributed by atoms with Crippen molar-refractivity contribution in [1.82, 2.24) is 4.98 Å². The number of benzene rings is 3. The number of para-hydroxylation sites is 1. The zero-order valence-electron chi connectivity index (χ0n) is 13.6. The number of carbonyl (C=O) groups is 1. The second-order valence-electron chi connectivity index (χ2n) is 6.46. The fourth-order valence-electron chi connectivity index (χ4n) is 3.73. The van der Waals surface area contributed by atoms with E-state index in [2.05, 4.69) is 34.6 Å². The van der Waals surface area contributed by atoms with Gasteiger partial charge in [0.25, 0.3) is 5.91 Å². The number of nitrogens with one attached hydrogen (secondary N) is 1. The molecule has 0 unspecified atom stereocenters. The minimum atomic E-state index is -0.176. The number of hydrogen-bond acceptors (Lipinski definition) is 2. The van der Waals surface area contributed by atoms with E-state index in [-0.39, 0.29) is 5.91 Å². The fraction of sp³-hybridized carbons (Fsp3) is 0.0909. The van der Waals surface area contributed by atoms with E-state index < -0.39 is 0 Å². The van der Waals surface area contributed by atoms with Crippen LogP contribution in [0.25, 0.3) is 21.7 Å². The Balaban J connectivity index is 1.55. The normalized spacial score (nSPS) is 12.6. The van der Waals surface area contributed by atoms with Gasteiger partial charge in [0, 0.05) is 16.5 Å². The van der Waals surface area contributed by atoms with E-state index in [0.717, 1.165) is 34.8 Å². The lowest BCUT2D eigenvalue weighted by atomic mass is 10.0. The quantitative estimate of drug-likeness (QED) is 0.579. The van der Waals surface area contributed by atoms with Gasteiger partial charge in [0.1, 0.15) is 5.69 Å². The molecule has 4 aromatic rings. The van der Waals surface area contributed by atoms with Gasteiger partial charge >= 0.3 is 0 Å². The summed E-state index contributed by atoms with van der Waals surface area (Å²) in [5.74, 6) is -0.176. The minimum Gasteiger partial charge on any atom is -0.320 e. The van der Waals surface area contributed by atoms with Crippen LogP contribution >= 0.6 is 0 Å². The summed E-state index contributed by atoms with van der Waals surface area (Å²) >= 11 is 0. The molecule has 1 aromatic heterocycles. The molecule has 3 nitrogen and oxygen atoms in total. The van der Waals surface area contributed by atoms with E-state index in [1.807, 2.05) is 36.4 Å². The van der Waals surface area contributed by atoms with Gasteiger partial charge < -0.3 is 5.32 Å². The smallest absolute Gasteiger partial charge is 0.274 e. The van der Waals surface area contributed by atoms with Crippen LogP contribution in [-0.4, -0.2) is 10.9 Å². The minimum absolute atomic E-state index is 0.176. The number of aryl methyl sites for hydroxylation is 2. The average Bonchev–Trinajstić information content (AvgIpc) is 3.08. The predicted octanol–water partition coefficient (Wildman–Crippen LogP) is 4.74. The molecular weight excluding hydrogens is 308 g/mol. The van der Waals surface area contributed by atoms with Crippen LogP contribution in [0.1, 0.15) is 21.6 Å². The van der Waals surface area contributed by atoms with Crippen LogP contribution in [0.2, 0.25) is 0 Å². The first kappa shape index (κ1) is 14.2. The number of rotatable bonds is 2. The van der Waals surface area contributed by atoms with Gasteiger partial charge in [-0.05, 0) is 47.6 Å². The summed E-state index contributed by atoms with van der Waals surface area (Å²) < 4.78 is 0. The van der Waals surface area contributed by atoms with E-state index in [0.29, 0.717) is 5.69 Å². The number of nitrogens with zero attached hydrogens (tertiary/aromatic N) is 1. The van der Waals surface area contributed by atoms with Gasteiger partial charge in [-0.2, -0.15) is 0 Å². The molecule has 0 fully saturated rings. The first-order chi connectivity index (χ1) is 12.3. The second kappa shape index (κ2) is 5.42. The van der Waals surface area contributed by atoms with Crippen LogP contribution in [0.4, 0.5) is 5.69 Å². The maximum Gasteiger partial charge on any atom is 0.274 e. The summed E-state index contributed by atoms with van der Waals surface area (Å²) in [6.45, 7) is 0. The molecule has 0 bridgehead atoms. The van der Waals surface area contributed by atoms with Crippen molar-refractivity contribution in [2.45, 2.75) is 12.8 Å². The Kier molecular flexibility index (Phi) is 3.07. The van der Waals surface area contributed by atoms with Crippen LogP contribution in [0.3, 0.4) is 0 Å². The Morgan fingerprint density at radius 3 is 2.60 bits per heavy atom. The summed E-state index contributed by atoms with van der Waals surface area (Å²) in [5.41, 5.74) is 4.85. The Morgan fingerprint density at radius 2 is 1.68 bits per heavy atom. The number of pyridine rings is 1. The van der Waals surface area contributed by atoms with Crippen molar-refractivity contribution in [2.24, 2.45) is 0 Å². The van der Waals surface area contributed by atoms with Crippen LogP contribution < -0.4 is 5.32 Å². The summed E-state index contributed by atoms with van der Waals surface area (Å²) in [5, 5.41) is 6.49. The van der Waals surface area contributed by atoms with Crippen molar-refractivity contribution in [3.05, 3.63) is 83.6 Å². The molecular formula is C22H16N2O. The molecule has 0 atom stereocenters. The molecule has 0 saturated heterocycles. The first-order valence-corrected chi connectivity index (χ1v) is 8.50. The summed E-state index contributed by atoms with van der Waals surface area (Å²) in [6.07, 6.45) is 2.16. The Labute approximate surface area is 145 Å². The van der Waals surface area contributed by atoms with Crippen LogP contribution in [-0.2, 0) is 12.8 Å². The molecule has 120 valence electrons. The Bertz CT molecular complexity index is 1140. The highest BCUT2D eigenvalue weighted by Crippen LogP contribution is 2.35. The molecule has 3 aromatic carbocycles. The summed E-state index contributed by atoms with van der Waals surface area (Å²) in [7, 11) is 0. The maximum atomic E-state index is 12.7. The van der Waals surface area contributed by atoms with Gasteiger partial charge in [0.2, 0.25) is 0 Å². The molecule has 1 amide bonds. The highest BCUT2D eigenvalue weighted by Gasteiger charge is 2.17. The average molecular weight is 324 g/mol. The molecule has 3 heteroatoms. The van der Waals surface area contributed by atoms with Gasteiger partial charge in [-0.25, -0.2) is 4.98 Å². The van der Waals surface area contributed by atoms with Gasteiger partial charge in [0.15, 0.2) is 0 Å². The molecule has 0 aliphatic heterocycles. The van der Waals surface area contributed by atoms with Gasteiger partial charge in [-0.1, -0.05) is 48.5 Å². The van der Waals surface area contributed by atoms with E-state index in [4.69, 9.17) is 0 Å². The van der Waals surface area contributed by atoms with Crippen LogP contribution in [0.5, 0.6) is 0 Å². The Hall–Kier alpha value is -3.20. The number of amides is 1. The first-order valence-electron chi connectivity index (χ1n) is 8.50. The predicted molar refractivity (Wildman–Crippen MR) is 101 cm³/mol. The van der Waals surface area contributed by atoms with Crippen molar-refractivity contribution in [1.29, 1.82) is 0 Å². The molecule has 1 aliphatic carbocycles. The standard InChI is InChI=1S/C22H16N2O/c25-22(20-13-10-14-4-1-2-7-18(14)23-20)24-19-12-11-16-9-8-15-5-3-6-17(19)21(15)16/h1-7,10-13H,8-9H2,(H,24,25). The molecule has 0 spiro atoms. The third-order valence-corrected chi connectivity index (χ3v) is 4.96. The second-order valence-corrected chi connectivity index (χ2v) is 6.46. The SMILES string of the molecule is O=C(Nc1ccc2c3c(cccc13)CC2)c1ccc2ccccc2n1. The van der Waals surface area contributed by atoms with Crippen molar-refractivity contribution in [3.8, 4) is 0 Å². The fourth-order valence-corrected chi connectivity index (χ4v) is 3.73. The zero-order valence-corrected chi connectivity index (χ0v) is 13.6. The maximum absolute atomic E-state index is 12.7. The van der Waals surface area contributed by atoms with E-state index in [1.165, 1.54) is 16.5 Å². The number of anilines is 1. The van der Waals surface area contributed by atoms with Crippen molar-refractivity contribution in [2.75, 3.05) is 5.32 Å². The molecule has 0 saturated carbocycles. The molecule has 1 aliphatic rings. The molecule has 5 rings (SSSR count). The largest absolute Gasteiger partial charge is 0.320 e. The number of aromatic nitrogens is 1. The molecule has 25 heavy (non-hydrogen) atoms. The van der Waals surface area contributed by atoms with Crippen molar-refractivity contribution < 1.29 is 4.79 Å². The lowest BCUT2D eigenvalue weighted by Gasteiger charge is -2.10. The summed E-state index contributed by atoms with van der Waals surface area (Å²) in [4.78, 5) is 17.2. The highest BCUT2D eigenvalue weighted by molar-refractivity contribution is 6.10. The number of carbonyl (C=O) groups excluding carboxylic acids is 1. The summed E-state index contributed by atoms with van der Waals surface area (Å²) in [6, 6.07) is 22.0. The number of fused-ring (bicyclic) bond motifs is 1. The van der Waals surface area contributed by atoms with E-state index >= 15 is 0 Å². The lowest BCUT2D eigenvalue weighted by Crippen LogP contribution is -2.14. The Morgan fingerprint density at radius 1 is 0.840 bits per heavy atom. The number of hydrogen-bond donors (Lipinski definition) is 1. The topological polar surface area (TPSA) is 42.0 Å². The molecule has 1 N–H and O–H groups in total. The van der Waals surface area contributed by atoms with E-state index in [9.17, 15) is 4.79 Å². The van der Waals surface area contributed by atoms with Crippen molar-refractivity contribution >= 4 is 33.3 Å². The zero-order chi connectivity index (χ0) is 16.8. The lowest BCUT2D eigenvalue weighted by molar-refractivity contribution is 0.102. The van der Waals surface area contributed by atoms with Gasteiger partial charge in [-0.15, -0.1) is 0 Å². The van der Waals surface area contributed by atoms with Crippen LogP contribution in [0.15, 0.2) is 66.7 Å². The van der Waals surface area contributed by atoms with Crippen molar-refractivity contribution in [3.63, 3.8) is 0 Å². The highest BCUT2D eigenvalue weighted by atomic mass is 16.1. The molecule has 1 heterocycles. The van der Waals surface area contributed by atoms with Gasteiger partial charge in [-0.3, -0.25) is 4.79 Å². The third-order valence-electron chi connectivity index (χ3n) is 4.96. The molecule has 0 radical (unpaired) electrons. The monoisotopic (exact) mass is 324 g/mol. The van der Waals surface area contributed by atoms with E-state index in [1.54, 1.807) is 6.07 Å². The van der Waals surface area contributed by atoms with Crippen LogP contribution in [0, 0.1) is 0 Å². The third kappa shape index (κ3) is 2.28.